The van der Waals surface area contributed by atoms with Crippen LogP contribution in [0.25, 0.3) is 0 Å². The summed E-state index contributed by atoms with van der Waals surface area (Å²) in [6, 6.07) is 0. The van der Waals surface area contributed by atoms with Gasteiger partial charge < -0.3 is 4.74 Å². The average Bonchev–Trinajstić information content (AvgIpc) is 1.89. The highest BCUT2D eigenvalue weighted by Gasteiger charge is 1.84. The SMILES string of the molecule is CCCCOCCCC.F.F.F. The molecule has 0 aliphatic rings. The first-order chi connectivity index (χ1) is 4.41. The number of hydrogen-bond donors (Lipinski definition) is 0. The van der Waals surface area contributed by atoms with Crippen molar-refractivity contribution in [2.75, 3.05) is 13.2 Å². The Labute approximate surface area is 72.6 Å². The van der Waals surface area contributed by atoms with Crippen molar-refractivity contribution in [3.63, 3.8) is 0 Å². The van der Waals surface area contributed by atoms with Gasteiger partial charge in [-0.25, -0.2) is 0 Å². The third-order valence-electron chi connectivity index (χ3n) is 1.28. The van der Waals surface area contributed by atoms with Crippen molar-refractivity contribution in [3.8, 4) is 0 Å². The molecule has 0 bridgehead atoms. The zero-order valence-corrected chi connectivity index (χ0v) is 7.88. The van der Waals surface area contributed by atoms with Crippen molar-refractivity contribution in [1.29, 1.82) is 0 Å². The molecule has 0 saturated heterocycles. The van der Waals surface area contributed by atoms with E-state index in [9.17, 15) is 0 Å². The Morgan fingerprint density at radius 2 is 1.08 bits per heavy atom. The van der Waals surface area contributed by atoms with Gasteiger partial charge in [0.1, 0.15) is 0 Å². The fourth-order valence-corrected chi connectivity index (χ4v) is 0.595. The molecule has 1 nitrogen and oxygen atoms in total. The van der Waals surface area contributed by atoms with Crippen molar-refractivity contribution in [1.82, 2.24) is 0 Å². The van der Waals surface area contributed by atoms with E-state index in [4.69, 9.17) is 4.74 Å². The molecular formula is C8H21F3O. The Morgan fingerprint density at radius 3 is 1.33 bits per heavy atom. The predicted molar refractivity (Wildman–Crippen MR) is 48.1 cm³/mol. The highest BCUT2D eigenvalue weighted by molar-refractivity contribution is 4.33. The molecule has 12 heavy (non-hydrogen) atoms. The summed E-state index contributed by atoms with van der Waals surface area (Å²) >= 11 is 0. The summed E-state index contributed by atoms with van der Waals surface area (Å²) in [6.07, 6.45) is 4.91. The molecule has 0 aliphatic carbocycles. The Kier molecular flexibility index (Phi) is 42.3. The van der Waals surface area contributed by atoms with Crippen LogP contribution < -0.4 is 0 Å². The fraction of sp³-hybridized carbons (Fsp3) is 1.00. The Morgan fingerprint density at radius 1 is 0.750 bits per heavy atom. The van der Waals surface area contributed by atoms with Crippen molar-refractivity contribution < 1.29 is 18.9 Å². The second-order valence-corrected chi connectivity index (χ2v) is 2.32. The van der Waals surface area contributed by atoms with Gasteiger partial charge in [-0.05, 0) is 12.8 Å². The minimum atomic E-state index is 0. The van der Waals surface area contributed by atoms with E-state index >= 15 is 0 Å². The molecule has 80 valence electrons. The molecule has 0 aromatic carbocycles. The summed E-state index contributed by atoms with van der Waals surface area (Å²) in [5.41, 5.74) is 0. The lowest BCUT2D eigenvalue weighted by Gasteiger charge is -1.99. The Balaban J connectivity index is -0.000000107. The third-order valence-corrected chi connectivity index (χ3v) is 1.28. The van der Waals surface area contributed by atoms with Crippen LogP contribution in [-0.4, -0.2) is 13.2 Å². The summed E-state index contributed by atoms with van der Waals surface area (Å²) in [6.45, 7) is 6.28. The van der Waals surface area contributed by atoms with Gasteiger partial charge in [0.15, 0.2) is 0 Å². The number of hydrogen-bond acceptors (Lipinski definition) is 1. The van der Waals surface area contributed by atoms with Crippen LogP contribution in [0.15, 0.2) is 0 Å². The molecule has 0 spiro atoms. The van der Waals surface area contributed by atoms with Crippen molar-refractivity contribution in [2.24, 2.45) is 0 Å². The van der Waals surface area contributed by atoms with Gasteiger partial charge in [-0.3, -0.25) is 14.1 Å². The lowest BCUT2D eigenvalue weighted by molar-refractivity contribution is 0.128. The fourth-order valence-electron chi connectivity index (χ4n) is 0.595. The van der Waals surface area contributed by atoms with Crippen LogP contribution in [0.2, 0.25) is 0 Å². The highest BCUT2D eigenvalue weighted by Crippen LogP contribution is 1.91. The second-order valence-electron chi connectivity index (χ2n) is 2.32. The molecule has 0 unspecified atom stereocenters. The smallest absolute Gasteiger partial charge is 0.0465 e. The van der Waals surface area contributed by atoms with E-state index in [0.29, 0.717) is 0 Å². The van der Waals surface area contributed by atoms with E-state index in [1.54, 1.807) is 0 Å². The van der Waals surface area contributed by atoms with E-state index < -0.39 is 0 Å². The van der Waals surface area contributed by atoms with E-state index in [0.717, 1.165) is 13.2 Å². The van der Waals surface area contributed by atoms with E-state index in [1.165, 1.54) is 25.7 Å². The summed E-state index contributed by atoms with van der Waals surface area (Å²) < 4.78 is 5.31. The molecule has 0 N–H and O–H groups in total. The zero-order chi connectivity index (χ0) is 6.95. The Bertz CT molecular complexity index is 47.6. The van der Waals surface area contributed by atoms with Crippen molar-refractivity contribution >= 4 is 0 Å². The minimum Gasteiger partial charge on any atom is -0.381 e. The van der Waals surface area contributed by atoms with E-state index in [1.807, 2.05) is 0 Å². The number of ether oxygens (including phenoxy) is 1. The quantitative estimate of drug-likeness (QED) is 0.585. The summed E-state index contributed by atoms with van der Waals surface area (Å²) in [5, 5.41) is 0. The lowest BCUT2D eigenvalue weighted by atomic mass is 10.3. The first-order valence-corrected chi connectivity index (χ1v) is 3.99. The van der Waals surface area contributed by atoms with Crippen LogP contribution >= 0.6 is 0 Å². The molecule has 0 aliphatic heterocycles. The Hall–Kier alpha value is -0.250. The standard InChI is InChI=1S/C8H18O.3FH/c1-3-5-7-9-8-6-4-2;;;/h3-8H2,1-2H3;3*1H. The van der Waals surface area contributed by atoms with Gasteiger partial charge in [-0.2, -0.15) is 0 Å². The van der Waals surface area contributed by atoms with Crippen LogP contribution in [0.1, 0.15) is 39.5 Å². The summed E-state index contributed by atoms with van der Waals surface area (Å²) in [7, 11) is 0. The maximum atomic E-state index is 5.31. The molecule has 0 atom stereocenters. The molecule has 0 rings (SSSR count). The second kappa shape index (κ2) is 22.4. The van der Waals surface area contributed by atoms with Crippen LogP contribution in [0.3, 0.4) is 0 Å². The molecule has 0 fully saturated rings. The molecule has 0 aromatic heterocycles. The predicted octanol–water partition coefficient (Wildman–Crippen LogP) is 3.06. The van der Waals surface area contributed by atoms with Gasteiger partial charge in [0.05, 0.1) is 0 Å². The number of halogens is 3. The van der Waals surface area contributed by atoms with Gasteiger partial charge in [0.2, 0.25) is 0 Å². The topological polar surface area (TPSA) is 9.23 Å². The average molecular weight is 190 g/mol. The maximum Gasteiger partial charge on any atom is 0.0465 e. The van der Waals surface area contributed by atoms with Crippen LogP contribution in [0.5, 0.6) is 0 Å². The van der Waals surface area contributed by atoms with Crippen LogP contribution in [0, 0.1) is 0 Å². The number of rotatable bonds is 6. The van der Waals surface area contributed by atoms with Gasteiger partial charge in [0.25, 0.3) is 0 Å². The minimum absolute atomic E-state index is 0. The third kappa shape index (κ3) is 22.6. The molecule has 0 aromatic rings. The van der Waals surface area contributed by atoms with Crippen molar-refractivity contribution in [2.45, 2.75) is 39.5 Å². The normalized spacial score (nSPS) is 7.50. The van der Waals surface area contributed by atoms with E-state index in [2.05, 4.69) is 13.8 Å². The maximum absolute atomic E-state index is 5.31. The first-order valence-electron chi connectivity index (χ1n) is 3.99. The lowest BCUT2D eigenvalue weighted by Crippen LogP contribution is -1.95. The zero-order valence-electron chi connectivity index (χ0n) is 7.88. The first kappa shape index (κ1) is 22.6. The van der Waals surface area contributed by atoms with Crippen molar-refractivity contribution in [3.05, 3.63) is 0 Å². The van der Waals surface area contributed by atoms with E-state index in [-0.39, 0.29) is 14.1 Å². The van der Waals surface area contributed by atoms with Crippen LogP contribution in [0.4, 0.5) is 14.1 Å². The molecular weight excluding hydrogens is 169 g/mol. The molecule has 0 radical (unpaired) electrons. The number of unbranched alkanes of at least 4 members (excludes halogenated alkanes) is 2. The van der Waals surface area contributed by atoms with Gasteiger partial charge in [0, 0.05) is 13.2 Å². The molecule has 0 heterocycles. The highest BCUT2D eigenvalue weighted by atomic mass is 19.0. The molecule has 0 amide bonds. The van der Waals surface area contributed by atoms with Gasteiger partial charge >= 0.3 is 0 Å². The largest absolute Gasteiger partial charge is 0.381 e. The molecule has 0 saturated carbocycles. The van der Waals surface area contributed by atoms with Gasteiger partial charge in [-0.1, -0.05) is 26.7 Å². The molecule has 4 heteroatoms. The van der Waals surface area contributed by atoms with Gasteiger partial charge in [-0.15, -0.1) is 0 Å². The summed E-state index contributed by atoms with van der Waals surface area (Å²) in [5.74, 6) is 0. The van der Waals surface area contributed by atoms with Crippen LogP contribution in [-0.2, 0) is 4.74 Å². The monoisotopic (exact) mass is 190 g/mol. The summed E-state index contributed by atoms with van der Waals surface area (Å²) in [4.78, 5) is 0.